The molecule has 56 heavy (non-hydrogen) atoms. The number of carboxylic acid groups (broad SMARTS) is 1. The van der Waals surface area contributed by atoms with Crippen LogP contribution in [-0.4, -0.2) is 93.4 Å². The molecule has 3 amide bonds. The number of likely N-dealkylation sites (tertiary alicyclic amines) is 1. The zero-order valence-corrected chi connectivity index (χ0v) is 34.4. The van der Waals surface area contributed by atoms with E-state index in [-0.39, 0.29) is 36.1 Å². The molecule has 16 heteroatoms. The number of amides is 3. The molecule has 4 aliphatic rings. The summed E-state index contributed by atoms with van der Waals surface area (Å²) >= 11 is 8.26. The minimum absolute atomic E-state index is 0.0221. The lowest BCUT2D eigenvalue weighted by atomic mass is 9.85. The first-order valence-electron chi connectivity index (χ1n) is 19.4. The lowest BCUT2D eigenvalue weighted by molar-refractivity contribution is -0.146. The van der Waals surface area contributed by atoms with E-state index in [1.807, 2.05) is 46.9 Å². The second kappa shape index (κ2) is 15.2. The van der Waals surface area contributed by atoms with Crippen molar-refractivity contribution in [1.82, 2.24) is 25.5 Å². The van der Waals surface area contributed by atoms with Crippen LogP contribution in [0.25, 0.3) is 22.3 Å². The molecule has 14 nitrogen and oxygen atoms in total. The van der Waals surface area contributed by atoms with Gasteiger partial charge in [-0.05, 0) is 74.8 Å². The number of carbonyl (C=O) groups is 4. The van der Waals surface area contributed by atoms with Gasteiger partial charge in [0.25, 0.3) is 0 Å². The van der Waals surface area contributed by atoms with E-state index >= 15 is 0 Å². The third kappa shape index (κ3) is 7.93. The lowest BCUT2D eigenvalue weighted by Gasteiger charge is -2.35. The maximum atomic E-state index is 14.7. The zero-order chi connectivity index (χ0) is 40.3. The van der Waals surface area contributed by atoms with Gasteiger partial charge in [-0.15, -0.1) is 11.3 Å². The smallest absolute Gasteiger partial charge is 0.408 e. The highest BCUT2D eigenvalue weighted by molar-refractivity contribution is 7.14. The van der Waals surface area contributed by atoms with Crippen LogP contribution in [0.2, 0.25) is 5.02 Å². The number of thiazole rings is 1. The summed E-state index contributed by atoms with van der Waals surface area (Å²) in [7, 11) is 1.52. The molecule has 0 bridgehead atoms. The van der Waals surface area contributed by atoms with Gasteiger partial charge in [-0.1, -0.05) is 45.7 Å². The van der Waals surface area contributed by atoms with Crippen LogP contribution in [0.1, 0.15) is 80.1 Å². The van der Waals surface area contributed by atoms with E-state index in [9.17, 15) is 24.3 Å². The molecule has 0 spiro atoms. The summed E-state index contributed by atoms with van der Waals surface area (Å²) in [5, 5.41) is 22.6. The SMILES string of the molecule is CC[C@@H]1C[C@]1(NC(=O)[C@@H]1C[C@@H](Oc2cc(-c3csc(NC(C)C)n3)nc3c(Cl)c(OC)ccc23)CN1C(=O)[C@@H](NC(=O)O[C@H]1C[C@@H]2C[C@@H]2C1)C(C)(C)C)C(=O)O. The van der Waals surface area contributed by atoms with Crippen molar-refractivity contribution in [2.45, 2.75) is 116 Å². The van der Waals surface area contributed by atoms with Crippen molar-refractivity contribution in [1.29, 1.82) is 0 Å². The van der Waals surface area contributed by atoms with Gasteiger partial charge < -0.3 is 40.2 Å². The van der Waals surface area contributed by atoms with E-state index in [4.69, 9.17) is 35.8 Å². The van der Waals surface area contributed by atoms with Gasteiger partial charge >= 0.3 is 12.1 Å². The van der Waals surface area contributed by atoms with Crippen molar-refractivity contribution in [3.63, 3.8) is 0 Å². The highest BCUT2D eigenvalue weighted by Gasteiger charge is 2.61. The molecule has 4 N–H and O–H groups in total. The van der Waals surface area contributed by atoms with E-state index in [2.05, 4.69) is 16.0 Å². The predicted octanol–water partition coefficient (Wildman–Crippen LogP) is 6.50. The summed E-state index contributed by atoms with van der Waals surface area (Å²) in [5.41, 5.74) is -0.672. The van der Waals surface area contributed by atoms with Crippen molar-refractivity contribution in [2.75, 3.05) is 19.0 Å². The monoisotopic (exact) mass is 810 g/mol. The summed E-state index contributed by atoms with van der Waals surface area (Å²) in [6.07, 6.45) is 2.16. The lowest BCUT2D eigenvalue weighted by Crippen LogP contribution is -2.59. The first-order valence-corrected chi connectivity index (χ1v) is 20.7. The molecule has 1 aromatic carbocycles. The Labute approximate surface area is 335 Å². The number of fused-ring (bicyclic) bond motifs is 2. The average molecular weight is 811 g/mol. The molecule has 8 atom stereocenters. The van der Waals surface area contributed by atoms with E-state index in [0.29, 0.717) is 58.5 Å². The molecule has 0 radical (unpaired) electrons. The Morgan fingerprint density at radius 2 is 1.79 bits per heavy atom. The fourth-order valence-corrected chi connectivity index (χ4v) is 9.46. The molecule has 3 aromatic rings. The third-order valence-electron chi connectivity index (χ3n) is 11.6. The highest BCUT2D eigenvalue weighted by atomic mass is 35.5. The highest BCUT2D eigenvalue weighted by Crippen LogP contribution is 2.52. The standard InChI is InChI=1S/C40H51ClN6O8S/c1-8-22-16-40(22,36(50)51)46-34(48)28-14-24(17-47(28)35(49)33(39(4,5)6)45-38(52)55-23-12-20-11-21(20)13-23)54-30-15-26(27-18-56-37(44-27)42-19(2)3)43-32-25(30)9-10-29(53-7)31(32)41/h9-10,15,18-24,28,33H,8,11-14,16-17H2,1-7H3,(H,42,44)(H,45,52)(H,46,48)(H,50,51)/t20-,21+,22-,23-,24-,28+,33-,40-/m1/s1. The molecular weight excluding hydrogens is 760 g/mol. The van der Waals surface area contributed by atoms with Crippen LogP contribution in [-0.2, 0) is 19.1 Å². The van der Waals surface area contributed by atoms with Gasteiger partial charge in [0.2, 0.25) is 11.8 Å². The van der Waals surface area contributed by atoms with Gasteiger partial charge in [0.15, 0.2) is 5.13 Å². The summed E-state index contributed by atoms with van der Waals surface area (Å²) in [4.78, 5) is 65.5. The Kier molecular flexibility index (Phi) is 10.8. The van der Waals surface area contributed by atoms with Crippen molar-refractivity contribution in [3.05, 3.63) is 28.6 Å². The van der Waals surface area contributed by atoms with Crippen molar-refractivity contribution in [2.24, 2.45) is 23.2 Å². The molecule has 7 rings (SSSR count). The Hall–Kier alpha value is -4.37. The molecule has 2 aromatic heterocycles. The van der Waals surface area contributed by atoms with E-state index in [1.54, 1.807) is 18.2 Å². The predicted molar refractivity (Wildman–Crippen MR) is 212 cm³/mol. The second-order valence-corrected chi connectivity index (χ2v) is 18.3. The van der Waals surface area contributed by atoms with Crippen LogP contribution < -0.4 is 25.4 Å². The zero-order valence-electron chi connectivity index (χ0n) is 32.8. The van der Waals surface area contributed by atoms with Gasteiger partial charge in [0.1, 0.15) is 52.0 Å². The molecular formula is C40H51ClN6O8S. The number of aliphatic carboxylic acids is 1. The minimum Gasteiger partial charge on any atom is -0.495 e. The summed E-state index contributed by atoms with van der Waals surface area (Å²) in [6.45, 7) is 11.4. The number of pyridine rings is 1. The van der Waals surface area contributed by atoms with Gasteiger partial charge in [-0.25, -0.2) is 19.6 Å². The molecule has 1 aliphatic heterocycles. The first kappa shape index (κ1) is 39.8. The Morgan fingerprint density at radius 1 is 1.05 bits per heavy atom. The maximum absolute atomic E-state index is 14.7. The Bertz CT molecular complexity index is 2030. The summed E-state index contributed by atoms with van der Waals surface area (Å²) < 4.78 is 18.0. The summed E-state index contributed by atoms with van der Waals surface area (Å²) in [5.74, 6) is -0.397. The van der Waals surface area contributed by atoms with Crippen LogP contribution in [0.3, 0.4) is 0 Å². The van der Waals surface area contributed by atoms with Crippen LogP contribution in [0.15, 0.2) is 23.6 Å². The van der Waals surface area contributed by atoms with Gasteiger partial charge in [-0.2, -0.15) is 0 Å². The topological polar surface area (TPSA) is 181 Å². The number of hydrogen-bond acceptors (Lipinski definition) is 11. The quantitative estimate of drug-likeness (QED) is 0.148. The fourth-order valence-electron chi connectivity index (χ4n) is 8.32. The molecule has 3 heterocycles. The Balaban J connectivity index is 1.20. The average Bonchev–Trinajstić information content (AvgIpc) is 3.80. The number of alkyl carbamates (subject to hydrolysis) is 1. The van der Waals surface area contributed by atoms with Crippen LogP contribution in [0, 0.1) is 23.2 Å². The third-order valence-corrected chi connectivity index (χ3v) is 12.7. The van der Waals surface area contributed by atoms with E-state index < -0.39 is 53.0 Å². The molecule has 3 saturated carbocycles. The fraction of sp³-hybridized carbons (Fsp3) is 0.600. The molecule has 0 unspecified atom stereocenters. The Morgan fingerprint density at radius 3 is 2.41 bits per heavy atom. The maximum Gasteiger partial charge on any atom is 0.408 e. The van der Waals surface area contributed by atoms with Crippen LogP contribution in [0.5, 0.6) is 11.5 Å². The van der Waals surface area contributed by atoms with Crippen molar-refractivity contribution < 1.29 is 38.5 Å². The number of carbonyl (C=O) groups excluding carboxylic acids is 3. The number of aromatic nitrogens is 2. The number of methoxy groups -OCH3 is 1. The van der Waals surface area contributed by atoms with E-state index in [0.717, 1.165) is 18.0 Å². The number of halogens is 1. The molecule has 4 fully saturated rings. The number of nitrogens with zero attached hydrogens (tertiary/aromatic N) is 3. The number of carboxylic acids is 1. The normalized spacial score (nSPS) is 27.1. The molecule has 3 aliphatic carbocycles. The number of benzene rings is 1. The van der Waals surface area contributed by atoms with Gasteiger partial charge in [0.05, 0.1) is 24.9 Å². The van der Waals surface area contributed by atoms with Crippen LogP contribution >= 0.6 is 22.9 Å². The van der Waals surface area contributed by atoms with Crippen molar-refractivity contribution >= 4 is 62.8 Å². The molecule has 302 valence electrons. The number of hydrogen-bond donors (Lipinski definition) is 4. The summed E-state index contributed by atoms with van der Waals surface area (Å²) in [6, 6.07) is 3.28. The molecule has 1 saturated heterocycles. The number of rotatable bonds is 13. The van der Waals surface area contributed by atoms with E-state index in [1.165, 1.54) is 29.8 Å². The van der Waals surface area contributed by atoms with Crippen molar-refractivity contribution in [3.8, 4) is 22.9 Å². The van der Waals surface area contributed by atoms with Gasteiger partial charge in [0, 0.05) is 29.3 Å². The number of nitrogens with one attached hydrogen (secondary N) is 3. The van der Waals surface area contributed by atoms with Crippen LogP contribution in [0.4, 0.5) is 9.93 Å². The van der Waals surface area contributed by atoms with Gasteiger partial charge in [-0.3, -0.25) is 9.59 Å². The second-order valence-electron chi connectivity index (χ2n) is 17.1. The number of ether oxygens (including phenoxy) is 3. The largest absolute Gasteiger partial charge is 0.495 e. The first-order chi connectivity index (χ1) is 26.5. The number of anilines is 1. The minimum atomic E-state index is -1.41.